The van der Waals surface area contributed by atoms with E-state index in [1.165, 1.54) is 0 Å². The summed E-state index contributed by atoms with van der Waals surface area (Å²) in [6, 6.07) is 3.69. The summed E-state index contributed by atoms with van der Waals surface area (Å²) < 4.78 is 5.14. The number of aryl methyl sites for hydroxylation is 2. The van der Waals surface area contributed by atoms with Gasteiger partial charge in [-0.05, 0) is 51.3 Å². The van der Waals surface area contributed by atoms with Crippen LogP contribution in [-0.2, 0) is 11.3 Å². The van der Waals surface area contributed by atoms with Crippen LogP contribution in [0.3, 0.4) is 0 Å². The fourth-order valence-corrected chi connectivity index (χ4v) is 1.64. The Bertz CT molecular complexity index is 425. The molecule has 0 fully saturated rings. The highest BCUT2D eigenvalue weighted by Crippen LogP contribution is 2.22. The zero-order valence-electron chi connectivity index (χ0n) is 15.6. The highest BCUT2D eigenvalue weighted by atomic mass is 16.6. The highest BCUT2D eigenvalue weighted by molar-refractivity contribution is 5.67. The van der Waals surface area contributed by atoms with E-state index in [1.807, 2.05) is 74.4 Å². The number of benzene rings is 1. The maximum atomic E-state index is 11.5. The molecule has 1 amide bonds. The van der Waals surface area contributed by atoms with Crippen molar-refractivity contribution in [2.24, 2.45) is 0 Å². The van der Waals surface area contributed by atoms with Crippen LogP contribution >= 0.6 is 0 Å². The van der Waals surface area contributed by atoms with Crippen molar-refractivity contribution in [1.29, 1.82) is 0 Å². The number of rotatable bonds is 2. The lowest BCUT2D eigenvalue weighted by atomic mass is 10.1. The zero-order chi connectivity index (χ0) is 17.9. The molecule has 1 aromatic rings. The Morgan fingerprint density at radius 3 is 1.86 bits per heavy atom. The normalized spacial score (nSPS) is 9.68. The minimum absolute atomic E-state index is 0.302. The van der Waals surface area contributed by atoms with E-state index >= 15 is 0 Å². The van der Waals surface area contributed by atoms with E-state index in [0.717, 1.165) is 16.7 Å². The monoisotopic (exact) mass is 311 g/mol. The molecule has 1 rings (SSSR count). The van der Waals surface area contributed by atoms with E-state index < -0.39 is 11.7 Å². The number of nitrogens with one attached hydrogen (secondary N) is 1. The maximum Gasteiger partial charge on any atom is 0.407 e. The van der Waals surface area contributed by atoms with Crippen LogP contribution in [0.25, 0.3) is 0 Å². The van der Waals surface area contributed by atoms with Crippen LogP contribution in [0.5, 0.6) is 5.75 Å². The average Bonchev–Trinajstić information content (AvgIpc) is 2.45. The average molecular weight is 311 g/mol. The molecule has 0 aliphatic carbocycles. The third-order valence-electron chi connectivity index (χ3n) is 2.39. The number of carbonyl (C=O) groups excluding carboxylic acids is 1. The molecular formula is C18H33NO3. The van der Waals surface area contributed by atoms with Gasteiger partial charge in [0.05, 0.1) is 0 Å². The van der Waals surface area contributed by atoms with Gasteiger partial charge in [0, 0.05) is 6.54 Å². The third-order valence-corrected chi connectivity index (χ3v) is 2.39. The van der Waals surface area contributed by atoms with E-state index in [2.05, 4.69) is 5.32 Å². The van der Waals surface area contributed by atoms with Crippen molar-refractivity contribution in [2.75, 3.05) is 0 Å². The fourth-order valence-electron chi connectivity index (χ4n) is 1.64. The summed E-state index contributed by atoms with van der Waals surface area (Å²) in [5.41, 5.74) is 2.05. The first kappa shape index (κ1) is 22.6. The first-order chi connectivity index (χ1) is 10.2. The van der Waals surface area contributed by atoms with E-state index in [9.17, 15) is 9.90 Å². The lowest BCUT2D eigenvalue weighted by Crippen LogP contribution is -2.32. The van der Waals surface area contributed by atoms with Gasteiger partial charge in [-0.3, -0.25) is 0 Å². The quantitative estimate of drug-likeness (QED) is 0.800. The molecule has 22 heavy (non-hydrogen) atoms. The topological polar surface area (TPSA) is 58.6 Å². The maximum absolute atomic E-state index is 11.5. The van der Waals surface area contributed by atoms with Crippen LogP contribution in [0, 0.1) is 13.8 Å². The van der Waals surface area contributed by atoms with Crippen molar-refractivity contribution >= 4 is 6.09 Å². The molecule has 0 saturated carbocycles. The fraction of sp³-hybridized carbons (Fsp3) is 0.611. The van der Waals surface area contributed by atoms with Gasteiger partial charge in [-0.15, -0.1) is 0 Å². The summed E-state index contributed by atoms with van der Waals surface area (Å²) in [7, 11) is 0. The van der Waals surface area contributed by atoms with Crippen molar-refractivity contribution in [1.82, 2.24) is 5.32 Å². The molecule has 0 saturated heterocycles. The van der Waals surface area contributed by atoms with E-state index in [4.69, 9.17) is 4.74 Å². The molecule has 0 aliphatic rings. The molecule has 0 atom stereocenters. The lowest BCUT2D eigenvalue weighted by molar-refractivity contribution is 0.0523. The van der Waals surface area contributed by atoms with Gasteiger partial charge in [0.2, 0.25) is 0 Å². The number of phenolic OH excluding ortho intramolecular Hbond substituents is 1. The first-order valence-corrected chi connectivity index (χ1v) is 7.95. The Kier molecular flexibility index (Phi) is 11.2. The Hall–Kier alpha value is -1.71. The number of alkyl carbamates (subject to hydrolysis) is 1. The molecule has 0 radical (unpaired) electrons. The summed E-state index contributed by atoms with van der Waals surface area (Å²) in [4.78, 5) is 11.5. The van der Waals surface area contributed by atoms with Gasteiger partial charge >= 0.3 is 6.09 Å². The lowest BCUT2D eigenvalue weighted by Gasteiger charge is -2.19. The Labute approximate surface area is 135 Å². The molecular weight excluding hydrogens is 278 g/mol. The molecule has 4 nitrogen and oxygen atoms in total. The summed E-state index contributed by atoms with van der Waals surface area (Å²) >= 11 is 0. The predicted octanol–water partition coefficient (Wildman–Crippen LogP) is 5.09. The summed E-state index contributed by atoms with van der Waals surface area (Å²) in [5.74, 6) is 0.302. The number of hydrogen-bond acceptors (Lipinski definition) is 3. The first-order valence-electron chi connectivity index (χ1n) is 7.95. The van der Waals surface area contributed by atoms with Crippen molar-refractivity contribution in [2.45, 2.75) is 74.5 Å². The summed E-state index contributed by atoms with van der Waals surface area (Å²) in [6.07, 6.45) is -0.439. The molecule has 0 unspecified atom stereocenters. The van der Waals surface area contributed by atoms with E-state index in [1.54, 1.807) is 0 Å². The minimum atomic E-state index is -0.495. The van der Waals surface area contributed by atoms with Gasteiger partial charge < -0.3 is 15.2 Å². The molecule has 1 aromatic carbocycles. The number of phenols is 1. The van der Waals surface area contributed by atoms with Gasteiger partial charge in [0.15, 0.2) is 0 Å². The molecule has 0 aliphatic heterocycles. The van der Waals surface area contributed by atoms with Crippen LogP contribution < -0.4 is 5.32 Å². The summed E-state index contributed by atoms with van der Waals surface area (Å²) in [5, 5.41) is 12.3. The standard InChI is InChI=1S/C14H21NO3.2C2H6/c1-9-6-11(7-10(2)12(9)16)8-15-13(17)18-14(3,4)5;2*1-2/h6-7,16H,8H2,1-5H3,(H,15,17);2*1-2H3. The van der Waals surface area contributed by atoms with Crippen LogP contribution in [0.2, 0.25) is 0 Å². The van der Waals surface area contributed by atoms with Crippen molar-refractivity contribution in [3.8, 4) is 5.75 Å². The van der Waals surface area contributed by atoms with Gasteiger partial charge in [-0.1, -0.05) is 39.8 Å². The Balaban J connectivity index is 0. The molecule has 0 bridgehead atoms. The minimum Gasteiger partial charge on any atom is -0.507 e. The number of amides is 1. The molecule has 0 spiro atoms. The molecule has 0 heterocycles. The van der Waals surface area contributed by atoms with E-state index in [-0.39, 0.29) is 0 Å². The second kappa shape index (κ2) is 10.9. The van der Waals surface area contributed by atoms with Crippen molar-refractivity contribution < 1.29 is 14.6 Å². The smallest absolute Gasteiger partial charge is 0.407 e. The zero-order valence-corrected chi connectivity index (χ0v) is 15.6. The van der Waals surface area contributed by atoms with Crippen LogP contribution in [-0.4, -0.2) is 16.8 Å². The van der Waals surface area contributed by atoms with Crippen molar-refractivity contribution in [3.05, 3.63) is 28.8 Å². The molecule has 128 valence electrons. The van der Waals surface area contributed by atoms with Crippen molar-refractivity contribution in [3.63, 3.8) is 0 Å². The second-order valence-corrected chi connectivity index (χ2v) is 5.43. The van der Waals surface area contributed by atoms with Gasteiger partial charge in [-0.25, -0.2) is 4.79 Å². The summed E-state index contributed by atoms with van der Waals surface area (Å²) in [6.45, 7) is 17.5. The van der Waals surface area contributed by atoms with Crippen LogP contribution in [0.15, 0.2) is 12.1 Å². The third kappa shape index (κ3) is 9.27. The molecule has 0 aromatic heterocycles. The number of carbonyl (C=O) groups is 1. The van der Waals surface area contributed by atoms with E-state index in [0.29, 0.717) is 12.3 Å². The molecule has 2 N–H and O–H groups in total. The number of aromatic hydroxyl groups is 1. The van der Waals surface area contributed by atoms with Gasteiger partial charge in [-0.2, -0.15) is 0 Å². The Morgan fingerprint density at radius 1 is 1.09 bits per heavy atom. The van der Waals surface area contributed by atoms with Crippen LogP contribution in [0.4, 0.5) is 4.79 Å². The SMILES string of the molecule is CC.CC.Cc1cc(CNC(=O)OC(C)(C)C)cc(C)c1O. The highest BCUT2D eigenvalue weighted by Gasteiger charge is 2.15. The second-order valence-electron chi connectivity index (χ2n) is 5.43. The number of hydrogen-bond donors (Lipinski definition) is 2. The Morgan fingerprint density at radius 2 is 1.50 bits per heavy atom. The largest absolute Gasteiger partial charge is 0.507 e. The van der Waals surface area contributed by atoms with Gasteiger partial charge in [0.25, 0.3) is 0 Å². The predicted molar refractivity (Wildman–Crippen MR) is 93.4 cm³/mol. The van der Waals surface area contributed by atoms with Crippen LogP contribution in [0.1, 0.15) is 65.2 Å². The number of ether oxygens (including phenoxy) is 1. The van der Waals surface area contributed by atoms with Gasteiger partial charge in [0.1, 0.15) is 11.4 Å². The molecule has 4 heteroatoms.